The summed E-state index contributed by atoms with van der Waals surface area (Å²) >= 11 is 0. The minimum Gasteiger partial charge on any atom is -0.481 e. The molecule has 0 unspecified atom stereocenters. The van der Waals surface area contributed by atoms with Gasteiger partial charge in [0.15, 0.2) is 11.5 Å². The number of carbonyl (C=O) groups is 1. The number of hydrogen-bond acceptors (Lipinski definition) is 4. The number of alkyl halides is 4. The van der Waals surface area contributed by atoms with Gasteiger partial charge in [-0.25, -0.2) is 0 Å². The standard InChI is InChI=1S/C16H15F4NO4/c17-14(18)24-11-2-1-10(7-12(11)25-15(19)20)16(8-21)5-3-9(4-6-16)13(22)23/h1-2,7,9,14-15H,3-6H2,(H,22,23). The molecule has 0 saturated heterocycles. The summed E-state index contributed by atoms with van der Waals surface area (Å²) in [5.74, 6) is -2.68. The number of halogens is 4. The lowest BCUT2D eigenvalue weighted by Crippen LogP contribution is -2.33. The fourth-order valence-electron chi connectivity index (χ4n) is 3.01. The largest absolute Gasteiger partial charge is 0.481 e. The minimum absolute atomic E-state index is 0.212. The molecule has 2 rings (SSSR count). The number of aliphatic carboxylic acids is 1. The lowest BCUT2D eigenvalue weighted by molar-refractivity contribution is -0.143. The van der Waals surface area contributed by atoms with Crippen LogP contribution < -0.4 is 9.47 Å². The lowest BCUT2D eigenvalue weighted by atomic mass is 9.67. The Morgan fingerprint density at radius 3 is 2.20 bits per heavy atom. The zero-order chi connectivity index (χ0) is 18.6. The SMILES string of the molecule is N#CC1(c2ccc(OC(F)F)c(OC(F)F)c2)CCC(C(=O)O)CC1. The van der Waals surface area contributed by atoms with Crippen LogP contribution in [0.3, 0.4) is 0 Å². The minimum atomic E-state index is -3.25. The summed E-state index contributed by atoms with van der Waals surface area (Å²) in [5.41, 5.74) is -0.786. The van der Waals surface area contributed by atoms with Gasteiger partial charge in [-0.15, -0.1) is 0 Å². The van der Waals surface area contributed by atoms with Crippen LogP contribution in [0.15, 0.2) is 18.2 Å². The second kappa shape index (κ2) is 7.59. The normalized spacial score (nSPS) is 23.3. The zero-order valence-electron chi connectivity index (χ0n) is 12.9. The fourth-order valence-corrected chi connectivity index (χ4v) is 3.01. The van der Waals surface area contributed by atoms with Crippen molar-refractivity contribution in [3.8, 4) is 17.6 Å². The van der Waals surface area contributed by atoms with Crippen LogP contribution in [0.5, 0.6) is 11.5 Å². The average Bonchev–Trinajstić information content (AvgIpc) is 2.55. The number of rotatable bonds is 6. The number of carboxylic acid groups (broad SMARTS) is 1. The molecule has 9 heteroatoms. The first-order chi connectivity index (χ1) is 11.8. The van der Waals surface area contributed by atoms with Crippen molar-refractivity contribution in [2.24, 2.45) is 5.92 Å². The Labute approximate surface area is 140 Å². The Morgan fingerprint density at radius 1 is 1.16 bits per heavy atom. The van der Waals surface area contributed by atoms with E-state index in [1.165, 1.54) is 6.07 Å². The molecule has 136 valence electrons. The molecule has 0 radical (unpaired) electrons. The van der Waals surface area contributed by atoms with Crippen molar-refractivity contribution in [2.45, 2.75) is 44.3 Å². The third-order valence-electron chi connectivity index (χ3n) is 4.33. The summed E-state index contributed by atoms with van der Waals surface area (Å²) in [7, 11) is 0. The average molecular weight is 361 g/mol. The van der Waals surface area contributed by atoms with E-state index in [1.807, 2.05) is 0 Å². The van der Waals surface area contributed by atoms with E-state index in [9.17, 15) is 27.6 Å². The fraction of sp³-hybridized carbons (Fsp3) is 0.500. The summed E-state index contributed by atoms with van der Waals surface area (Å²) in [6.45, 7) is -6.47. The molecule has 1 aromatic carbocycles. The maximum atomic E-state index is 12.5. The summed E-state index contributed by atoms with van der Waals surface area (Å²) in [5, 5.41) is 18.6. The summed E-state index contributed by atoms with van der Waals surface area (Å²) in [6, 6.07) is 5.56. The molecule has 0 atom stereocenters. The van der Waals surface area contributed by atoms with E-state index in [0.717, 1.165) is 12.1 Å². The first-order valence-corrected chi connectivity index (χ1v) is 7.45. The van der Waals surface area contributed by atoms with Crippen LogP contribution in [0.2, 0.25) is 0 Å². The van der Waals surface area contributed by atoms with Gasteiger partial charge in [0.1, 0.15) is 0 Å². The number of carboxylic acids is 1. The highest BCUT2D eigenvalue weighted by atomic mass is 19.3. The Kier molecular flexibility index (Phi) is 5.72. The first kappa shape index (κ1) is 18.8. The van der Waals surface area contributed by atoms with E-state index in [1.54, 1.807) is 0 Å². The molecule has 0 heterocycles. The Bertz CT molecular complexity index is 667. The smallest absolute Gasteiger partial charge is 0.387 e. The number of nitrogens with zero attached hydrogens (tertiary/aromatic N) is 1. The van der Waals surface area contributed by atoms with Crippen LogP contribution in [-0.4, -0.2) is 24.3 Å². The first-order valence-electron chi connectivity index (χ1n) is 7.45. The van der Waals surface area contributed by atoms with E-state index < -0.39 is 42.0 Å². The number of benzene rings is 1. The van der Waals surface area contributed by atoms with Gasteiger partial charge in [-0.2, -0.15) is 22.8 Å². The Morgan fingerprint density at radius 2 is 1.72 bits per heavy atom. The molecule has 1 fully saturated rings. The van der Waals surface area contributed by atoms with E-state index >= 15 is 0 Å². The van der Waals surface area contributed by atoms with Crippen molar-refractivity contribution in [3.05, 3.63) is 23.8 Å². The Balaban J connectivity index is 2.34. The van der Waals surface area contributed by atoms with Crippen LogP contribution in [0.4, 0.5) is 17.6 Å². The van der Waals surface area contributed by atoms with Crippen LogP contribution in [-0.2, 0) is 10.2 Å². The van der Waals surface area contributed by atoms with Gasteiger partial charge < -0.3 is 14.6 Å². The molecule has 0 aliphatic heterocycles. The summed E-state index contributed by atoms with van der Waals surface area (Å²) in [6.07, 6.45) is 0.930. The number of hydrogen-bond donors (Lipinski definition) is 1. The van der Waals surface area contributed by atoms with Crippen LogP contribution in [0.1, 0.15) is 31.2 Å². The van der Waals surface area contributed by atoms with Crippen molar-refractivity contribution >= 4 is 5.97 Å². The maximum Gasteiger partial charge on any atom is 0.387 e. The highest BCUT2D eigenvalue weighted by Gasteiger charge is 2.39. The molecule has 1 aromatic rings. The molecule has 0 bridgehead atoms. The van der Waals surface area contributed by atoms with Gasteiger partial charge in [0.2, 0.25) is 0 Å². The number of nitriles is 1. The van der Waals surface area contributed by atoms with Gasteiger partial charge in [0.25, 0.3) is 0 Å². The maximum absolute atomic E-state index is 12.5. The molecule has 0 aromatic heterocycles. The molecule has 5 nitrogen and oxygen atoms in total. The molecule has 0 amide bonds. The van der Waals surface area contributed by atoms with Gasteiger partial charge in [-0.05, 0) is 43.4 Å². The second-order valence-electron chi connectivity index (χ2n) is 5.72. The third-order valence-corrected chi connectivity index (χ3v) is 4.33. The van der Waals surface area contributed by atoms with Crippen LogP contribution >= 0.6 is 0 Å². The molecule has 1 saturated carbocycles. The molecule has 0 spiro atoms. The quantitative estimate of drug-likeness (QED) is 0.777. The van der Waals surface area contributed by atoms with Crippen molar-refractivity contribution in [1.82, 2.24) is 0 Å². The zero-order valence-corrected chi connectivity index (χ0v) is 12.9. The monoisotopic (exact) mass is 361 g/mol. The molecular formula is C16H15F4NO4. The predicted molar refractivity (Wildman–Crippen MR) is 76.6 cm³/mol. The van der Waals surface area contributed by atoms with Crippen molar-refractivity contribution < 1.29 is 36.9 Å². The van der Waals surface area contributed by atoms with Gasteiger partial charge in [0, 0.05) is 0 Å². The van der Waals surface area contributed by atoms with Gasteiger partial charge >= 0.3 is 19.2 Å². The summed E-state index contributed by atoms with van der Waals surface area (Å²) in [4.78, 5) is 11.0. The lowest BCUT2D eigenvalue weighted by Gasteiger charge is -2.34. The highest BCUT2D eigenvalue weighted by Crippen LogP contribution is 2.44. The molecule has 1 aliphatic carbocycles. The van der Waals surface area contributed by atoms with Crippen molar-refractivity contribution in [2.75, 3.05) is 0 Å². The topological polar surface area (TPSA) is 79.5 Å². The second-order valence-corrected chi connectivity index (χ2v) is 5.72. The van der Waals surface area contributed by atoms with Gasteiger partial charge in [0.05, 0.1) is 17.4 Å². The van der Waals surface area contributed by atoms with Gasteiger partial charge in [-0.3, -0.25) is 4.79 Å². The molecule has 25 heavy (non-hydrogen) atoms. The van der Waals surface area contributed by atoms with Crippen LogP contribution in [0.25, 0.3) is 0 Å². The van der Waals surface area contributed by atoms with E-state index in [0.29, 0.717) is 5.56 Å². The van der Waals surface area contributed by atoms with Crippen LogP contribution in [0, 0.1) is 17.2 Å². The highest BCUT2D eigenvalue weighted by molar-refractivity contribution is 5.70. The number of ether oxygens (including phenoxy) is 2. The molecule has 1 aliphatic rings. The van der Waals surface area contributed by atoms with Gasteiger partial charge in [-0.1, -0.05) is 6.07 Å². The third kappa shape index (κ3) is 4.32. The van der Waals surface area contributed by atoms with E-state index in [-0.39, 0.29) is 25.7 Å². The molecule has 1 N–H and O–H groups in total. The van der Waals surface area contributed by atoms with E-state index in [4.69, 9.17) is 5.11 Å². The molecular weight excluding hydrogens is 346 g/mol. The van der Waals surface area contributed by atoms with E-state index in [2.05, 4.69) is 15.5 Å². The van der Waals surface area contributed by atoms with Crippen molar-refractivity contribution in [3.63, 3.8) is 0 Å². The predicted octanol–water partition coefficient (Wildman–Crippen LogP) is 3.93. The van der Waals surface area contributed by atoms with Crippen molar-refractivity contribution in [1.29, 1.82) is 5.26 Å². The summed E-state index contributed by atoms with van der Waals surface area (Å²) < 4.78 is 58.2. The Hall–Kier alpha value is -2.50.